The van der Waals surface area contributed by atoms with Crippen molar-refractivity contribution in [2.75, 3.05) is 7.11 Å². The quantitative estimate of drug-likeness (QED) is 0.638. The molecule has 4 saturated carbocycles. The van der Waals surface area contributed by atoms with E-state index in [2.05, 4.69) is 12.2 Å². The van der Waals surface area contributed by atoms with E-state index in [1.165, 1.54) is 57.8 Å². The zero-order chi connectivity index (χ0) is 18.5. The van der Waals surface area contributed by atoms with Crippen LogP contribution in [-0.4, -0.2) is 24.0 Å². The maximum atomic E-state index is 12.7. The van der Waals surface area contributed by atoms with Crippen molar-refractivity contribution >= 4 is 11.6 Å². The molecule has 0 heterocycles. The van der Waals surface area contributed by atoms with E-state index in [1.807, 2.05) is 0 Å². The summed E-state index contributed by atoms with van der Waals surface area (Å²) < 4.78 is 5.01. The van der Waals surface area contributed by atoms with Crippen molar-refractivity contribution in [3.63, 3.8) is 0 Å². The zero-order valence-corrected chi connectivity index (χ0v) is 15.4. The number of amides is 1. The van der Waals surface area contributed by atoms with Crippen LogP contribution in [0, 0.1) is 33.3 Å². The third-order valence-corrected chi connectivity index (χ3v) is 6.99. The normalized spacial score (nSPS) is 32.9. The average molecular weight is 358 g/mol. The smallest absolute Gasteiger partial charge is 0.311 e. The Morgan fingerprint density at radius 2 is 1.81 bits per heavy atom. The summed E-state index contributed by atoms with van der Waals surface area (Å²) in [7, 11) is 1.39. The maximum Gasteiger partial charge on any atom is 0.311 e. The summed E-state index contributed by atoms with van der Waals surface area (Å²) in [4.78, 5) is 23.4. The van der Waals surface area contributed by atoms with E-state index in [0.29, 0.717) is 5.56 Å². The monoisotopic (exact) mass is 358 g/mol. The number of carbonyl (C=O) groups excluding carboxylic acids is 1. The first-order valence-electron chi connectivity index (χ1n) is 9.53. The van der Waals surface area contributed by atoms with Gasteiger partial charge in [-0.1, -0.05) is 0 Å². The number of nitrogens with zero attached hydrogens (tertiary/aromatic N) is 1. The van der Waals surface area contributed by atoms with Gasteiger partial charge in [0.25, 0.3) is 5.91 Å². The molecule has 4 aliphatic rings. The lowest BCUT2D eigenvalue weighted by molar-refractivity contribution is -0.385. The van der Waals surface area contributed by atoms with E-state index in [0.717, 1.165) is 17.8 Å². The Morgan fingerprint density at radius 1 is 1.23 bits per heavy atom. The molecule has 4 aliphatic carbocycles. The Kier molecular flexibility index (Phi) is 4.16. The van der Waals surface area contributed by atoms with Crippen molar-refractivity contribution in [3.8, 4) is 5.75 Å². The average Bonchev–Trinajstić information content (AvgIpc) is 2.59. The van der Waals surface area contributed by atoms with Crippen molar-refractivity contribution in [1.29, 1.82) is 0 Å². The minimum absolute atomic E-state index is 0.0876. The minimum atomic E-state index is -0.516. The number of rotatable bonds is 5. The van der Waals surface area contributed by atoms with Crippen molar-refractivity contribution < 1.29 is 14.5 Å². The lowest BCUT2D eigenvalue weighted by atomic mass is 9.48. The third-order valence-electron chi connectivity index (χ3n) is 6.99. The molecule has 6 nitrogen and oxygen atoms in total. The minimum Gasteiger partial charge on any atom is -0.490 e. The molecular formula is C20H26N2O4. The van der Waals surface area contributed by atoms with Crippen molar-refractivity contribution in [2.45, 2.75) is 51.5 Å². The summed E-state index contributed by atoms with van der Waals surface area (Å²) in [5.74, 6) is 2.40. The summed E-state index contributed by atoms with van der Waals surface area (Å²) in [6.45, 7) is 2.11. The molecule has 0 radical (unpaired) electrons. The maximum absolute atomic E-state index is 12.7. The number of hydrogen-bond donors (Lipinski definition) is 1. The first kappa shape index (κ1) is 17.3. The summed E-state index contributed by atoms with van der Waals surface area (Å²) in [5, 5.41) is 14.4. The molecule has 26 heavy (non-hydrogen) atoms. The van der Waals surface area contributed by atoms with Gasteiger partial charge in [0.1, 0.15) is 0 Å². The standard InChI is InChI=1S/C20H26N2O4/c1-12(20-9-13-5-14(10-20)7-15(6-13)11-20)21-19(23)16-3-4-18(26-2)17(8-16)22(24)25/h3-4,8,12-15H,5-7,9-11H2,1-2H3,(H,21,23)/t12-,13?,14?,15?,20?/m0/s1. The molecule has 1 aromatic carbocycles. The van der Waals surface area contributed by atoms with Crippen LogP contribution in [0.5, 0.6) is 5.75 Å². The van der Waals surface area contributed by atoms with E-state index >= 15 is 0 Å². The fourth-order valence-electron chi connectivity index (χ4n) is 6.11. The molecule has 4 fully saturated rings. The molecule has 5 rings (SSSR count). The molecule has 1 N–H and O–H groups in total. The van der Waals surface area contributed by atoms with Crippen LogP contribution in [0.1, 0.15) is 55.8 Å². The molecule has 1 atom stereocenters. The number of nitrogens with one attached hydrogen (secondary N) is 1. The number of hydrogen-bond acceptors (Lipinski definition) is 4. The molecule has 1 aromatic rings. The second-order valence-corrected chi connectivity index (χ2v) is 8.62. The fourth-order valence-corrected chi connectivity index (χ4v) is 6.11. The number of ether oxygens (including phenoxy) is 1. The van der Waals surface area contributed by atoms with Crippen LogP contribution in [0.3, 0.4) is 0 Å². The highest BCUT2D eigenvalue weighted by Crippen LogP contribution is 2.61. The van der Waals surface area contributed by atoms with Crippen molar-refractivity contribution in [1.82, 2.24) is 5.32 Å². The fraction of sp³-hybridized carbons (Fsp3) is 0.650. The van der Waals surface area contributed by atoms with Gasteiger partial charge in [-0.25, -0.2) is 0 Å². The van der Waals surface area contributed by atoms with Gasteiger partial charge in [0.15, 0.2) is 5.75 Å². The molecule has 0 saturated heterocycles. The number of nitro groups is 1. The van der Waals surface area contributed by atoms with E-state index in [4.69, 9.17) is 4.74 Å². The van der Waals surface area contributed by atoms with Gasteiger partial charge in [-0.15, -0.1) is 0 Å². The number of methoxy groups -OCH3 is 1. The van der Waals surface area contributed by atoms with E-state index in [1.54, 1.807) is 6.07 Å². The summed E-state index contributed by atoms with van der Waals surface area (Å²) in [6, 6.07) is 4.47. The first-order chi connectivity index (χ1) is 12.4. The number of nitro benzene ring substituents is 1. The van der Waals surface area contributed by atoms with Gasteiger partial charge >= 0.3 is 5.69 Å². The van der Waals surface area contributed by atoms with Crippen LogP contribution in [0.15, 0.2) is 18.2 Å². The molecule has 0 unspecified atom stereocenters. The van der Waals surface area contributed by atoms with Crippen molar-refractivity contribution in [2.24, 2.45) is 23.2 Å². The van der Waals surface area contributed by atoms with Crippen LogP contribution in [-0.2, 0) is 0 Å². The van der Waals surface area contributed by atoms with Crippen LogP contribution in [0.2, 0.25) is 0 Å². The summed E-state index contributed by atoms with van der Waals surface area (Å²) >= 11 is 0. The molecule has 0 aromatic heterocycles. The largest absolute Gasteiger partial charge is 0.490 e. The second kappa shape index (κ2) is 6.25. The van der Waals surface area contributed by atoms with Crippen molar-refractivity contribution in [3.05, 3.63) is 33.9 Å². The topological polar surface area (TPSA) is 81.5 Å². The highest BCUT2D eigenvalue weighted by atomic mass is 16.6. The number of carbonyl (C=O) groups is 1. The molecule has 0 aliphatic heterocycles. The molecule has 1 amide bonds. The Balaban J connectivity index is 1.51. The summed E-state index contributed by atoms with van der Waals surface area (Å²) in [6.07, 6.45) is 7.73. The van der Waals surface area contributed by atoms with Gasteiger partial charge in [0, 0.05) is 17.7 Å². The van der Waals surface area contributed by atoms with Gasteiger partial charge < -0.3 is 10.1 Å². The molecule has 0 spiro atoms. The lowest BCUT2D eigenvalue weighted by Gasteiger charge is -2.59. The lowest BCUT2D eigenvalue weighted by Crippen LogP contribution is -2.55. The predicted octanol–water partition coefficient (Wildman–Crippen LogP) is 3.94. The van der Waals surface area contributed by atoms with Crippen LogP contribution in [0.4, 0.5) is 5.69 Å². The molecule has 140 valence electrons. The highest BCUT2D eigenvalue weighted by molar-refractivity contribution is 5.95. The predicted molar refractivity (Wildman–Crippen MR) is 97.2 cm³/mol. The second-order valence-electron chi connectivity index (χ2n) is 8.62. The summed E-state index contributed by atoms with van der Waals surface area (Å²) in [5.41, 5.74) is 0.347. The van der Waals surface area contributed by atoms with Gasteiger partial charge in [-0.05, 0) is 80.8 Å². The Labute approximate surface area is 153 Å². The number of benzene rings is 1. The van der Waals surface area contributed by atoms with E-state index in [9.17, 15) is 14.9 Å². The van der Waals surface area contributed by atoms with Crippen LogP contribution >= 0.6 is 0 Å². The van der Waals surface area contributed by atoms with Gasteiger partial charge in [0.05, 0.1) is 12.0 Å². The molecular weight excluding hydrogens is 332 g/mol. The molecule has 4 bridgehead atoms. The van der Waals surface area contributed by atoms with E-state index < -0.39 is 4.92 Å². The Bertz CT molecular complexity index is 710. The SMILES string of the molecule is COc1ccc(C(=O)N[C@@H](C)C23CC4CC(CC(C4)C2)C3)cc1[N+](=O)[O-]. The third kappa shape index (κ3) is 2.85. The van der Waals surface area contributed by atoms with E-state index in [-0.39, 0.29) is 28.8 Å². The Morgan fingerprint density at radius 3 is 2.31 bits per heavy atom. The van der Waals surface area contributed by atoms with Gasteiger partial charge in [-0.2, -0.15) is 0 Å². The van der Waals surface area contributed by atoms with Gasteiger partial charge in [0.2, 0.25) is 0 Å². The zero-order valence-electron chi connectivity index (χ0n) is 15.4. The Hall–Kier alpha value is -2.11. The first-order valence-corrected chi connectivity index (χ1v) is 9.53. The van der Waals surface area contributed by atoms with Crippen LogP contribution in [0.25, 0.3) is 0 Å². The van der Waals surface area contributed by atoms with Crippen LogP contribution < -0.4 is 10.1 Å². The van der Waals surface area contributed by atoms with Gasteiger partial charge in [-0.3, -0.25) is 14.9 Å². The highest BCUT2D eigenvalue weighted by Gasteiger charge is 2.53. The molecule has 6 heteroatoms.